The smallest absolute Gasteiger partial charge is 0.227 e. The number of ether oxygens (including phenoxy) is 1. The molecule has 5 aromatic rings. The first-order valence-corrected chi connectivity index (χ1v) is 11.4. The zero-order valence-electron chi connectivity index (χ0n) is 19.9. The van der Waals surface area contributed by atoms with Crippen LogP contribution in [-0.2, 0) is 11.2 Å². The second-order valence-corrected chi connectivity index (χ2v) is 8.14. The Morgan fingerprint density at radius 3 is 2.61 bits per heavy atom. The summed E-state index contributed by atoms with van der Waals surface area (Å²) in [5, 5.41) is 11.7. The number of benzene rings is 2. The van der Waals surface area contributed by atoms with Gasteiger partial charge < -0.3 is 14.6 Å². The van der Waals surface area contributed by atoms with Crippen molar-refractivity contribution in [2.24, 2.45) is 0 Å². The Bertz CT molecular complexity index is 1480. The second-order valence-electron chi connectivity index (χ2n) is 8.14. The van der Waals surface area contributed by atoms with E-state index < -0.39 is 0 Å². The number of aromatic nitrogens is 5. The predicted molar refractivity (Wildman–Crippen MR) is 135 cm³/mol. The molecule has 1 amide bonds. The first-order chi connectivity index (χ1) is 17.6. The molecule has 9 nitrogen and oxygen atoms in total. The number of hydrogen-bond donors (Lipinski definition) is 1. The topological polar surface area (TPSA) is 108 Å². The number of nitrogens with one attached hydrogen (secondary N) is 1. The summed E-state index contributed by atoms with van der Waals surface area (Å²) < 4.78 is 12.5. The molecule has 0 fully saturated rings. The maximum Gasteiger partial charge on any atom is 0.227 e. The molecule has 1 N–H and O–H groups in total. The van der Waals surface area contributed by atoms with Gasteiger partial charge in [0.25, 0.3) is 0 Å². The van der Waals surface area contributed by atoms with Crippen molar-refractivity contribution in [3.05, 3.63) is 90.4 Å². The van der Waals surface area contributed by atoms with E-state index in [0.29, 0.717) is 41.1 Å². The van der Waals surface area contributed by atoms with Gasteiger partial charge in [-0.1, -0.05) is 41.1 Å². The SMILES string of the molecule is COc1ccccc1-c1cc(NC(=O)CCc2nc(-c3ccccn3)no2)n(-c2ccc(C)cc2)n1. The molecule has 5 rings (SSSR count). The van der Waals surface area contributed by atoms with Crippen molar-refractivity contribution in [2.75, 3.05) is 12.4 Å². The minimum absolute atomic E-state index is 0.160. The van der Waals surface area contributed by atoms with Crippen molar-refractivity contribution in [3.8, 4) is 34.2 Å². The quantitative estimate of drug-likeness (QED) is 0.337. The normalized spacial score (nSPS) is 10.8. The molecule has 0 saturated heterocycles. The van der Waals surface area contributed by atoms with E-state index in [1.54, 1.807) is 24.1 Å². The first-order valence-electron chi connectivity index (χ1n) is 11.4. The van der Waals surface area contributed by atoms with Crippen LogP contribution in [0, 0.1) is 6.92 Å². The van der Waals surface area contributed by atoms with Gasteiger partial charge in [-0.15, -0.1) is 0 Å². The highest BCUT2D eigenvalue weighted by Crippen LogP contribution is 2.31. The number of hydrogen-bond acceptors (Lipinski definition) is 7. The molecular formula is C27H24N6O3. The zero-order chi connectivity index (χ0) is 24.9. The van der Waals surface area contributed by atoms with Gasteiger partial charge >= 0.3 is 0 Å². The summed E-state index contributed by atoms with van der Waals surface area (Å²) >= 11 is 0. The van der Waals surface area contributed by atoms with Gasteiger partial charge in [-0.2, -0.15) is 10.1 Å². The van der Waals surface area contributed by atoms with Gasteiger partial charge in [-0.25, -0.2) is 4.68 Å². The van der Waals surface area contributed by atoms with Crippen LogP contribution >= 0.6 is 0 Å². The van der Waals surface area contributed by atoms with Crippen LogP contribution in [0.1, 0.15) is 17.9 Å². The molecule has 9 heteroatoms. The van der Waals surface area contributed by atoms with Gasteiger partial charge in [0.2, 0.25) is 17.6 Å². The Morgan fingerprint density at radius 2 is 1.83 bits per heavy atom. The molecule has 2 aromatic carbocycles. The Morgan fingerprint density at radius 1 is 1.03 bits per heavy atom. The molecular weight excluding hydrogens is 456 g/mol. The van der Waals surface area contributed by atoms with E-state index in [1.807, 2.05) is 73.7 Å². The van der Waals surface area contributed by atoms with Crippen LogP contribution in [0.3, 0.4) is 0 Å². The second kappa shape index (κ2) is 10.2. The fourth-order valence-corrected chi connectivity index (χ4v) is 3.72. The largest absolute Gasteiger partial charge is 0.496 e. The van der Waals surface area contributed by atoms with Crippen LogP contribution in [0.2, 0.25) is 0 Å². The number of nitrogens with zero attached hydrogens (tertiary/aromatic N) is 5. The average Bonchev–Trinajstić information content (AvgIpc) is 3.56. The number of methoxy groups -OCH3 is 1. The summed E-state index contributed by atoms with van der Waals surface area (Å²) in [6.07, 6.45) is 2.12. The molecule has 0 aliphatic carbocycles. The Hall–Kier alpha value is -4.79. The molecule has 0 aliphatic heterocycles. The Labute approximate surface area is 207 Å². The van der Waals surface area contributed by atoms with Crippen LogP contribution in [0.4, 0.5) is 5.82 Å². The number of pyridine rings is 1. The standard InChI is InChI=1S/C27H24N6O3/c1-18-10-12-19(13-11-18)33-24(17-22(31-33)20-7-3-4-9-23(20)35-2)29-25(34)14-15-26-30-27(32-36-26)21-8-5-6-16-28-21/h3-13,16-17H,14-15H2,1-2H3,(H,29,34). The fourth-order valence-electron chi connectivity index (χ4n) is 3.72. The number of rotatable bonds is 8. The Balaban J connectivity index is 1.36. The molecule has 180 valence electrons. The van der Waals surface area contributed by atoms with E-state index >= 15 is 0 Å². The molecule has 3 aromatic heterocycles. The number of anilines is 1. The number of para-hydroxylation sites is 1. The van der Waals surface area contributed by atoms with E-state index in [-0.39, 0.29) is 12.3 Å². The lowest BCUT2D eigenvalue weighted by Gasteiger charge is -2.09. The Kier molecular flexibility index (Phi) is 6.53. The molecule has 0 saturated carbocycles. The maximum atomic E-state index is 12.9. The van der Waals surface area contributed by atoms with Crippen molar-refractivity contribution < 1.29 is 14.1 Å². The molecule has 3 heterocycles. The van der Waals surface area contributed by atoms with Crippen molar-refractivity contribution in [1.82, 2.24) is 24.9 Å². The monoisotopic (exact) mass is 480 g/mol. The number of carbonyl (C=O) groups is 1. The molecule has 0 radical (unpaired) electrons. The van der Waals surface area contributed by atoms with Crippen LogP contribution in [0.15, 0.2) is 83.5 Å². The number of amides is 1. The van der Waals surface area contributed by atoms with Gasteiger partial charge in [0.1, 0.15) is 17.3 Å². The van der Waals surface area contributed by atoms with Gasteiger partial charge in [-0.3, -0.25) is 9.78 Å². The predicted octanol–water partition coefficient (Wildman–Crippen LogP) is 4.87. The number of carbonyl (C=O) groups excluding carboxylic acids is 1. The van der Waals surface area contributed by atoms with Crippen molar-refractivity contribution in [1.29, 1.82) is 0 Å². The summed E-state index contributed by atoms with van der Waals surface area (Å²) in [5.41, 5.74) is 4.08. The van der Waals surface area contributed by atoms with Crippen molar-refractivity contribution >= 4 is 11.7 Å². The third kappa shape index (κ3) is 5.00. The first kappa shape index (κ1) is 23.0. The van der Waals surface area contributed by atoms with Crippen LogP contribution in [0.5, 0.6) is 5.75 Å². The minimum Gasteiger partial charge on any atom is -0.496 e. The molecule has 36 heavy (non-hydrogen) atoms. The summed E-state index contributed by atoms with van der Waals surface area (Å²) in [5.74, 6) is 1.80. The lowest BCUT2D eigenvalue weighted by atomic mass is 10.1. The van der Waals surface area contributed by atoms with E-state index in [4.69, 9.17) is 14.4 Å². The summed E-state index contributed by atoms with van der Waals surface area (Å²) in [4.78, 5) is 21.4. The summed E-state index contributed by atoms with van der Waals surface area (Å²) in [6.45, 7) is 2.02. The van der Waals surface area contributed by atoms with E-state index in [0.717, 1.165) is 16.8 Å². The lowest BCUT2D eigenvalue weighted by molar-refractivity contribution is -0.116. The molecule has 0 spiro atoms. The van der Waals surface area contributed by atoms with Gasteiger partial charge in [0.15, 0.2) is 0 Å². The van der Waals surface area contributed by atoms with E-state index in [2.05, 4.69) is 20.4 Å². The molecule has 0 atom stereocenters. The van der Waals surface area contributed by atoms with E-state index in [1.165, 1.54) is 0 Å². The van der Waals surface area contributed by atoms with Crippen LogP contribution < -0.4 is 10.1 Å². The van der Waals surface area contributed by atoms with E-state index in [9.17, 15) is 4.79 Å². The third-order valence-corrected chi connectivity index (χ3v) is 5.57. The third-order valence-electron chi connectivity index (χ3n) is 5.57. The maximum absolute atomic E-state index is 12.9. The molecule has 0 unspecified atom stereocenters. The van der Waals surface area contributed by atoms with Gasteiger partial charge in [0.05, 0.1) is 18.5 Å². The lowest BCUT2D eigenvalue weighted by Crippen LogP contribution is -2.15. The van der Waals surface area contributed by atoms with Crippen molar-refractivity contribution in [2.45, 2.75) is 19.8 Å². The highest BCUT2D eigenvalue weighted by atomic mass is 16.5. The summed E-state index contributed by atoms with van der Waals surface area (Å²) in [7, 11) is 1.62. The number of aryl methyl sites for hydroxylation is 2. The minimum atomic E-state index is -0.201. The van der Waals surface area contributed by atoms with Gasteiger partial charge in [-0.05, 0) is 43.3 Å². The van der Waals surface area contributed by atoms with Crippen molar-refractivity contribution in [3.63, 3.8) is 0 Å². The fraction of sp³-hybridized carbons (Fsp3) is 0.148. The van der Waals surface area contributed by atoms with Crippen LogP contribution in [0.25, 0.3) is 28.5 Å². The van der Waals surface area contributed by atoms with Gasteiger partial charge in [0, 0.05) is 30.7 Å². The molecule has 0 bridgehead atoms. The highest BCUT2D eigenvalue weighted by Gasteiger charge is 2.17. The zero-order valence-corrected chi connectivity index (χ0v) is 19.9. The van der Waals surface area contributed by atoms with Crippen LogP contribution in [-0.4, -0.2) is 37.9 Å². The highest BCUT2D eigenvalue weighted by molar-refractivity contribution is 5.91. The average molecular weight is 481 g/mol. The summed E-state index contributed by atoms with van der Waals surface area (Å²) in [6, 6.07) is 22.8. The molecule has 0 aliphatic rings.